The monoisotopic (exact) mass is 167 g/mol. The minimum absolute atomic E-state index is 0.309. The topological polar surface area (TPSA) is 69.6 Å². The molecule has 66 valence electrons. The summed E-state index contributed by atoms with van der Waals surface area (Å²) in [6.45, 7) is 0.741. The molecule has 0 saturated heterocycles. The second-order valence-corrected chi connectivity index (χ2v) is 3.58. The van der Waals surface area contributed by atoms with Crippen molar-refractivity contribution in [1.82, 2.24) is 20.2 Å². The Balaban J connectivity index is 2.04. The summed E-state index contributed by atoms with van der Waals surface area (Å²) in [6.07, 6.45) is 3.31. The van der Waals surface area contributed by atoms with Crippen LogP contribution in [0, 0.1) is 5.41 Å². The summed E-state index contributed by atoms with van der Waals surface area (Å²) in [4.78, 5) is 1.49. The number of rotatable bonds is 3. The molecule has 1 saturated carbocycles. The third kappa shape index (κ3) is 1.32. The zero-order chi connectivity index (χ0) is 8.60. The first kappa shape index (κ1) is 7.67. The largest absolute Gasteiger partial charge is 0.330 e. The Morgan fingerprint density at radius 1 is 1.58 bits per heavy atom. The van der Waals surface area contributed by atoms with Crippen LogP contribution in [0.15, 0.2) is 0 Å². The van der Waals surface area contributed by atoms with Crippen LogP contribution in [0.25, 0.3) is 0 Å². The van der Waals surface area contributed by atoms with Gasteiger partial charge in [0.2, 0.25) is 0 Å². The van der Waals surface area contributed by atoms with Crippen LogP contribution >= 0.6 is 0 Å². The highest BCUT2D eigenvalue weighted by molar-refractivity contribution is 5.00. The molecule has 1 aliphatic rings. The fourth-order valence-electron chi connectivity index (χ4n) is 1.36. The van der Waals surface area contributed by atoms with E-state index in [4.69, 9.17) is 5.73 Å². The summed E-state index contributed by atoms with van der Waals surface area (Å²) in [7, 11) is 1.78. The number of nitrogens with zero attached hydrogens (tertiary/aromatic N) is 4. The van der Waals surface area contributed by atoms with Gasteiger partial charge in [-0.1, -0.05) is 0 Å². The fraction of sp³-hybridized carbons (Fsp3) is 0.857. The van der Waals surface area contributed by atoms with Crippen LogP contribution in [-0.2, 0) is 13.5 Å². The number of tetrazole rings is 1. The van der Waals surface area contributed by atoms with Crippen LogP contribution < -0.4 is 5.73 Å². The van der Waals surface area contributed by atoms with Crippen molar-refractivity contribution in [2.75, 3.05) is 6.54 Å². The van der Waals surface area contributed by atoms with Crippen LogP contribution in [0.2, 0.25) is 0 Å². The van der Waals surface area contributed by atoms with Crippen LogP contribution in [0.3, 0.4) is 0 Å². The quantitative estimate of drug-likeness (QED) is 0.658. The van der Waals surface area contributed by atoms with Crippen molar-refractivity contribution in [3.8, 4) is 0 Å². The Labute approximate surface area is 70.9 Å². The molecule has 0 unspecified atom stereocenters. The van der Waals surface area contributed by atoms with Crippen molar-refractivity contribution in [3.05, 3.63) is 5.82 Å². The van der Waals surface area contributed by atoms with Gasteiger partial charge in [0.25, 0.3) is 0 Å². The summed E-state index contributed by atoms with van der Waals surface area (Å²) in [5, 5.41) is 11.8. The number of aromatic nitrogens is 4. The van der Waals surface area contributed by atoms with E-state index >= 15 is 0 Å². The summed E-state index contributed by atoms with van der Waals surface area (Å²) in [5.74, 6) is 0.820. The lowest BCUT2D eigenvalue weighted by Crippen LogP contribution is -2.18. The second-order valence-electron chi connectivity index (χ2n) is 3.58. The molecule has 1 aromatic heterocycles. The SMILES string of the molecule is Cn1nnc(CC2(CN)CC2)n1. The molecule has 5 heteroatoms. The van der Waals surface area contributed by atoms with E-state index in [1.807, 2.05) is 0 Å². The first-order chi connectivity index (χ1) is 5.74. The van der Waals surface area contributed by atoms with E-state index in [0.29, 0.717) is 5.41 Å². The maximum atomic E-state index is 5.64. The van der Waals surface area contributed by atoms with Gasteiger partial charge < -0.3 is 5.73 Å². The third-order valence-corrected chi connectivity index (χ3v) is 2.47. The van der Waals surface area contributed by atoms with Crippen molar-refractivity contribution in [2.24, 2.45) is 18.2 Å². The smallest absolute Gasteiger partial charge is 0.175 e. The standard InChI is InChI=1S/C7H13N5/c1-12-10-6(9-11-12)4-7(5-8)2-3-7/h2-5,8H2,1H3. The van der Waals surface area contributed by atoms with Gasteiger partial charge in [-0.3, -0.25) is 0 Å². The maximum absolute atomic E-state index is 5.64. The van der Waals surface area contributed by atoms with Gasteiger partial charge in [0, 0.05) is 6.42 Å². The van der Waals surface area contributed by atoms with E-state index < -0.39 is 0 Å². The molecule has 1 heterocycles. The van der Waals surface area contributed by atoms with Gasteiger partial charge in [0.15, 0.2) is 5.82 Å². The number of hydrogen-bond acceptors (Lipinski definition) is 4. The van der Waals surface area contributed by atoms with Crippen LogP contribution in [0.4, 0.5) is 0 Å². The third-order valence-electron chi connectivity index (χ3n) is 2.47. The maximum Gasteiger partial charge on any atom is 0.175 e. The lowest BCUT2D eigenvalue weighted by molar-refractivity contribution is 0.503. The summed E-state index contributed by atoms with van der Waals surface area (Å²) >= 11 is 0. The Hall–Kier alpha value is -0.970. The second kappa shape index (κ2) is 2.52. The van der Waals surface area contributed by atoms with Gasteiger partial charge in [-0.15, -0.1) is 10.2 Å². The summed E-state index contributed by atoms with van der Waals surface area (Å²) in [6, 6.07) is 0. The average molecular weight is 167 g/mol. The van der Waals surface area contributed by atoms with E-state index in [2.05, 4.69) is 15.4 Å². The fourth-order valence-corrected chi connectivity index (χ4v) is 1.36. The normalized spacial score (nSPS) is 19.5. The van der Waals surface area contributed by atoms with Crippen LogP contribution in [0.5, 0.6) is 0 Å². The average Bonchev–Trinajstić information content (AvgIpc) is 2.71. The lowest BCUT2D eigenvalue weighted by Gasteiger charge is -2.06. The molecule has 1 fully saturated rings. The van der Waals surface area contributed by atoms with E-state index in [1.54, 1.807) is 7.05 Å². The Kier molecular flexibility index (Phi) is 1.61. The highest BCUT2D eigenvalue weighted by Gasteiger charge is 2.42. The zero-order valence-electron chi connectivity index (χ0n) is 7.19. The van der Waals surface area contributed by atoms with Gasteiger partial charge in [-0.2, -0.15) is 4.80 Å². The van der Waals surface area contributed by atoms with E-state index in [1.165, 1.54) is 17.6 Å². The van der Waals surface area contributed by atoms with Gasteiger partial charge in [0.1, 0.15) is 0 Å². The predicted octanol–water partition coefficient (Wildman–Crippen LogP) is -0.508. The lowest BCUT2D eigenvalue weighted by atomic mass is 10.0. The van der Waals surface area contributed by atoms with Gasteiger partial charge >= 0.3 is 0 Å². The molecule has 0 aromatic carbocycles. The van der Waals surface area contributed by atoms with Gasteiger partial charge in [0.05, 0.1) is 7.05 Å². The molecule has 1 aliphatic carbocycles. The molecule has 0 spiro atoms. The van der Waals surface area contributed by atoms with E-state index in [9.17, 15) is 0 Å². The van der Waals surface area contributed by atoms with Crippen molar-refractivity contribution in [3.63, 3.8) is 0 Å². The van der Waals surface area contributed by atoms with Crippen molar-refractivity contribution in [2.45, 2.75) is 19.3 Å². The first-order valence-electron chi connectivity index (χ1n) is 4.17. The molecule has 5 nitrogen and oxygen atoms in total. The molecular weight excluding hydrogens is 154 g/mol. The molecule has 0 atom stereocenters. The molecular formula is C7H13N5. The van der Waals surface area contributed by atoms with Crippen LogP contribution in [0.1, 0.15) is 18.7 Å². The predicted molar refractivity (Wildman–Crippen MR) is 43.2 cm³/mol. The Morgan fingerprint density at radius 3 is 2.75 bits per heavy atom. The van der Waals surface area contributed by atoms with Gasteiger partial charge in [-0.25, -0.2) is 0 Å². The first-order valence-corrected chi connectivity index (χ1v) is 4.17. The number of aryl methyl sites for hydroxylation is 1. The molecule has 0 radical (unpaired) electrons. The van der Waals surface area contributed by atoms with Crippen LogP contribution in [-0.4, -0.2) is 26.8 Å². The minimum Gasteiger partial charge on any atom is -0.330 e. The van der Waals surface area contributed by atoms with Crippen molar-refractivity contribution >= 4 is 0 Å². The molecule has 0 amide bonds. The molecule has 2 rings (SSSR count). The Morgan fingerprint density at radius 2 is 2.33 bits per heavy atom. The van der Waals surface area contributed by atoms with E-state index in [-0.39, 0.29) is 0 Å². The Bertz CT molecular complexity index is 275. The summed E-state index contributed by atoms with van der Waals surface area (Å²) in [5.41, 5.74) is 5.95. The van der Waals surface area contributed by atoms with Gasteiger partial charge in [-0.05, 0) is 30.0 Å². The molecule has 0 bridgehead atoms. The van der Waals surface area contributed by atoms with Crippen molar-refractivity contribution in [1.29, 1.82) is 0 Å². The zero-order valence-corrected chi connectivity index (χ0v) is 7.19. The molecule has 1 aromatic rings. The molecule has 12 heavy (non-hydrogen) atoms. The molecule has 2 N–H and O–H groups in total. The van der Waals surface area contributed by atoms with E-state index in [0.717, 1.165) is 18.8 Å². The number of nitrogens with two attached hydrogens (primary N) is 1. The van der Waals surface area contributed by atoms with Crippen molar-refractivity contribution < 1.29 is 0 Å². The minimum atomic E-state index is 0.309. The molecule has 0 aliphatic heterocycles. The highest BCUT2D eigenvalue weighted by atomic mass is 15.6. The summed E-state index contributed by atoms with van der Waals surface area (Å²) < 4.78 is 0. The number of hydrogen-bond donors (Lipinski definition) is 1. The highest BCUT2D eigenvalue weighted by Crippen LogP contribution is 2.46.